The molecule has 0 atom stereocenters. The van der Waals surface area contributed by atoms with Crippen molar-refractivity contribution < 1.29 is 13.9 Å². The van der Waals surface area contributed by atoms with Gasteiger partial charge in [0.25, 0.3) is 0 Å². The second kappa shape index (κ2) is 8.86. The molecule has 1 fully saturated rings. The molecule has 0 spiro atoms. The number of anilines is 1. The molecule has 1 N–H and O–H groups in total. The van der Waals surface area contributed by atoms with E-state index in [1.165, 1.54) is 0 Å². The maximum atomic E-state index is 12.6. The summed E-state index contributed by atoms with van der Waals surface area (Å²) in [6, 6.07) is 8.77. The average molecular weight is 433 g/mol. The molecule has 1 aliphatic heterocycles. The lowest BCUT2D eigenvalue weighted by Crippen LogP contribution is -2.49. The van der Waals surface area contributed by atoms with Gasteiger partial charge in [0.1, 0.15) is 16.5 Å². The van der Waals surface area contributed by atoms with Gasteiger partial charge < -0.3 is 19.4 Å². The lowest BCUT2D eigenvalue weighted by atomic mass is 10.3. The van der Waals surface area contributed by atoms with E-state index in [0.29, 0.717) is 29.5 Å². The van der Waals surface area contributed by atoms with Gasteiger partial charge in [-0.15, -0.1) is 11.3 Å². The molecule has 2 aromatic heterocycles. The molecule has 0 aliphatic carbocycles. The molecule has 1 aromatic carbocycles. The predicted octanol–water partition coefficient (Wildman–Crippen LogP) is 4.41. The van der Waals surface area contributed by atoms with Crippen molar-refractivity contribution in [3.8, 4) is 17.2 Å². The lowest BCUT2D eigenvalue weighted by molar-refractivity contribution is 0.143. The van der Waals surface area contributed by atoms with Crippen LogP contribution < -0.4 is 10.1 Å². The Bertz CT molecular complexity index is 968. The smallest absolute Gasteiger partial charge is 0.322 e. The van der Waals surface area contributed by atoms with Gasteiger partial charge >= 0.3 is 6.03 Å². The Morgan fingerprint density at radius 1 is 1.31 bits per heavy atom. The highest BCUT2D eigenvalue weighted by molar-refractivity contribution is 7.09. The number of nitrogens with one attached hydrogen (secondary N) is 1. The molecule has 0 bridgehead atoms. The number of benzene rings is 1. The first kappa shape index (κ1) is 19.8. The lowest BCUT2D eigenvalue weighted by Gasteiger charge is -2.34. The number of nitrogens with zero attached hydrogens (tertiary/aromatic N) is 3. The Morgan fingerprint density at radius 2 is 2.14 bits per heavy atom. The summed E-state index contributed by atoms with van der Waals surface area (Å²) in [7, 11) is 1.56. The minimum Gasteiger partial charge on any atom is -0.495 e. The van der Waals surface area contributed by atoms with Crippen molar-refractivity contribution in [2.45, 2.75) is 6.54 Å². The minimum atomic E-state index is -0.153. The van der Waals surface area contributed by atoms with E-state index < -0.39 is 0 Å². The molecular weight excluding hydrogens is 412 g/mol. The molecule has 0 radical (unpaired) electrons. The van der Waals surface area contributed by atoms with Crippen LogP contribution in [-0.4, -0.2) is 54.1 Å². The highest BCUT2D eigenvalue weighted by Crippen LogP contribution is 2.28. The van der Waals surface area contributed by atoms with E-state index >= 15 is 0 Å². The first-order chi connectivity index (χ1) is 14.1. The Morgan fingerprint density at radius 3 is 2.86 bits per heavy atom. The monoisotopic (exact) mass is 432 g/mol. The van der Waals surface area contributed by atoms with Crippen molar-refractivity contribution in [3.63, 3.8) is 0 Å². The maximum absolute atomic E-state index is 12.6. The number of rotatable bonds is 5. The van der Waals surface area contributed by atoms with Gasteiger partial charge in [-0.05, 0) is 30.3 Å². The van der Waals surface area contributed by atoms with E-state index in [9.17, 15) is 4.79 Å². The number of hydrogen-bond acceptors (Lipinski definition) is 6. The van der Waals surface area contributed by atoms with Crippen LogP contribution in [0.25, 0.3) is 11.5 Å². The normalized spacial score (nSPS) is 14.8. The second-order valence-electron chi connectivity index (χ2n) is 6.64. The summed E-state index contributed by atoms with van der Waals surface area (Å²) in [6.07, 6.45) is 1.65. The summed E-state index contributed by atoms with van der Waals surface area (Å²) in [5.41, 5.74) is 1.43. The highest BCUT2D eigenvalue weighted by atomic mass is 35.5. The van der Waals surface area contributed by atoms with E-state index in [0.717, 1.165) is 36.1 Å². The van der Waals surface area contributed by atoms with Gasteiger partial charge in [0.05, 0.1) is 25.6 Å². The van der Waals surface area contributed by atoms with Gasteiger partial charge in [-0.2, -0.15) is 0 Å². The van der Waals surface area contributed by atoms with Crippen LogP contribution in [-0.2, 0) is 6.54 Å². The van der Waals surface area contributed by atoms with Crippen molar-refractivity contribution in [1.82, 2.24) is 14.8 Å². The molecule has 7 nitrogen and oxygen atoms in total. The summed E-state index contributed by atoms with van der Waals surface area (Å²) in [5, 5.41) is 6.49. The highest BCUT2D eigenvalue weighted by Gasteiger charge is 2.23. The maximum Gasteiger partial charge on any atom is 0.322 e. The van der Waals surface area contributed by atoms with Crippen LogP contribution in [0.2, 0.25) is 5.02 Å². The molecule has 3 aromatic rings. The number of furan rings is 1. The number of thiazole rings is 1. The van der Waals surface area contributed by atoms with Gasteiger partial charge in [0, 0.05) is 36.6 Å². The first-order valence-electron chi connectivity index (χ1n) is 9.22. The third kappa shape index (κ3) is 4.72. The van der Waals surface area contributed by atoms with E-state index in [4.69, 9.17) is 20.8 Å². The summed E-state index contributed by atoms with van der Waals surface area (Å²) < 4.78 is 10.7. The number of methoxy groups -OCH3 is 1. The molecule has 1 aliphatic rings. The van der Waals surface area contributed by atoms with Crippen LogP contribution in [0, 0.1) is 0 Å². The van der Waals surface area contributed by atoms with Gasteiger partial charge in [0.2, 0.25) is 0 Å². The number of piperazine rings is 1. The van der Waals surface area contributed by atoms with Crippen molar-refractivity contribution >= 4 is 34.7 Å². The number of amides is 2. The minimum absolute atomic E-state index is 0.153. The van der Waals surface area contributed by atoms with Crippen LogP contribution in [0.4, 0.5) is 10.5 Å². The quantitative estimate of drug-likeness (QED) is 0.646. The molecular formula is C20H21ClN4O3S. The molecule has 1 saturated heterocycles. The summed E-state index contributed by atoms with van der Waals surface area (Å²) in [5.74, 6) is 1.36. The number of halogens is 1. The number of urea groups is 1. The van der Waals surface area contributed by atoms with Gasteiger partial charge in [-0.3, -0.25) is 4.90 Å². The third-order valence-corrected chi connectivity index (χ3v) is 5.82. The van der Waals surface area contributed by atoms with Crippen LogP contribution in [0.1, 0.15) is 5.01 Å². The zero-order valence-electron chi connectivity index (χ0n) is 15.9. The van der Waals surface area contributed by atoms with Crippen molar-refractivity contribution in [2.24, 2.45) is 0 Å². The summed E-state index contributed by atoms with van der Waals surface area (Å²) in [6.45, 7) is 3.63. The first-order valence-corrected chi connectivity index (χ1v) is 10.5. The number of hydrogen-bond donors (Lipinski definition) is 1. The SMILES string of the molecule is COc1ccc(Cl)cc1NC(=O)N1CCN(Cc2nc(-c3ccco3)cs2)CC1. The molecule has 2 amide bonds. The zero-order chi connectivity index (χ0) is 20.2. The fraction of sp³-hybridized carbons (Fsp3) is 0.300. The molecule has 9 heteroatoms. The van der Waals surface area contributed by atoms with E-state index in [1.807, 2.05) is 17.5 Å². The fourth-order valence-electron chi connectivity index (χ4n) is 3.19. The van der Waals surface area contributed by atoms with E-state index in [-0.39, 0.29) is 6.03 Å². The number of ether oxygens (including phenoxy) is 1. The fourth-order valence-corrected chi connectivity index (χ4v) is 4.19. The summed E-state index contributed by atoms with van der Waals surface area (Å²) in [4.78, 5) is 21.4. The number of carbonyl (C=O) groups excluding carboxylic acids is 1. The predicted molar refractivity (Wildman–Crippen MR) is 114 cm³/mol. The Labute approximate surface area is 177 Å². The molecule has 4 rings (SSSR count). The average Bonchev–Trinajstić information content (AvgIpc) is 3.40. The molecule has 3 heterocycles. The molecule has 152 valence electrons. The van der Waals surface area contributed by atoms with Gasteiger partial charge in [0.15, 0.2) is 5.76 Å². The molecule has 0 saturated carbocycles. The third-order valence-electron chi connectivity index (χ3n) is 4.75. The van der Waals surface area contributed by atoms with Gasteiger partial charge in [-0.1, -0.05) is 11.6 Å². The van der Waals surface area contributed by atoms with Crippen LogP contribution >= 0.6 is 22.9 Å². The Balaban J connectivity index is 1.30. The largest absolute Gasteiger partial charge is 0.495 e. The Kier molecular flexibility index (Phi) is 6.03. The molecule has 0 unspecified atom stereocenters. The number of carbonyl (C=O) groups is 1. The van der Waals surface area contributed by atoms with Crippen molar-refractivity contribution in [1.29, 1.82) is 0 Å². The standard InChI is InChI=1S/C20H21ClN4O3S/c1-27-17-5-4-14(21)11-15(17)23-20(26)25-8-6-24(7-9-25)12-19-22-16(13-29-19)18-3-2-10-28-18/h2-5,10-11,13H,6-9,12H2,1H3,(H,23,26). The van der Waals surface area contributed by atoms with Crippen LogP contribution in [0.15, 0.2) is 46.4 Å². The number of aromatic nitrogens is 1. The van der Waals surface area contributed by atoms with E-state index in [2.05, 4.69) is 15.2 Å². The zero-order valence-corrected chi connectivity index (χ0v) is 17.5. The van der Waals surface area contributed by atoms with Crippen molar-refractivity contribution in [3.05, 3.63) is 52.0 Å². The van der Waals surface area contributed by atoms with Crippen molar-refractivity contribution in [2.75, 3.05) is 38.6 Å². The van der Waals surface area contributed by atoms with Crippen LogP contribution in [0.5, 0.6) is 5.75 Å². The summed E-state index contributed by atoms with van der Waals surface area (Å²) >= 11 is 7.66. The second-order valence-corrected chi connectivity index (χ2v) is 8.02. The van der Waals surface area contributed by atoms with Crippen LogP contribution in [0.3, 0.4) is 0 Å². The molecule has 29 heavy (non-hydrogen) atoms. The Hall–Kier alpha value is -2.55. The van der Waals surface area contributed by atoms with Gasteiger partial charge in [-0.25, -0.2) is 9.78 Å². The topological polar surface area (TPSA) is 70.8 Å². The van der Waals surface area contributed by atoms with E-state index in [1.54, 1.807) is 47.8 Å².